The van der Waals surface area contributed by atoms with Gasteiger partial charge in [0.1, 0.15) is 0 Å². The summed E-state index contributed by atoms with van der Waals surface area (Å²) in [5.41, 5.74) is 3.99. The topological polar surface area (TPSA) is 78.9 Å². The number of nitrogens with one attached hydrogen (secondary N) is 1. The van der Waals surface area contributed by atoms with Crippen LogP contribution in [0, 0.1) is 0 Å². The van der Waals surface area contributed by atoms with Crippen LogP contribution in [0.2, 0.25) is 0 Å². The third-order valence-corrected chi connectivity index (χ3v) is 3.61. The maximum Gasteiger partial charge on any atom is 0.331 e. The molecule has 2 N–H and O–H groups in total. The second-order valence-electron chi connectivity index (χ2n) is 4.87. The molecule has 5 heteroatoms. The van der Waals surface area contributed by atoms with Gasteiger partial charge in [-0.25, -0.2) is 4.79 Å². The quantitative estimate of drug-likeness (QED) is 0.898. The van der Waals surface area contributed by atoms with Gasteiger partial charge in [-0.3, -0.25) is 10.1 Å². The molecule has 2 aromatic rings. The minimum Gasteiger partial charge on any atom is -0.478 e. The summed E-state index contributed by atoms with van der Waals surface area (Å²) < 4.78 is 0. The number of nitrogens with zero attached hydrogens (tertiary/aromatic N) is 2. The Morgan fingerprint density at radius 2 is 1.95 bits per heavy atom. The van der Waals surface area contributed by atoms with E-state index in [0.717, 1.165) is 41.8 Å². The second kappa shape index (κ2) is 5.28. The molecular weight excluding hydrogens is 254 g/mol. The van der Waals surface area contributed by atoms with Crippen molar-refractivity contribution < 1.29 is 9.90 Å². The van der Waals surface area contributed by atoms with Crippen molar-refractivity contribution >= 4 is 11.5 Å². The lowest BCUT2D eigenvalue weighted by Crippen LogP contribution is -2.08. The highest BCUT2D eigenvalue weighted by atomic mass is 16.4. The monoisotopic (exact) mass is 269 g/mol. The fraction of sp³-hybridized carbons (Fsp3) is 0.267. The van der Waals surface area contributed by atoms with Crippen molar-refractivity contribution in [2.75, 3.05) is 0 Å². The van der Waals surface area contributed by atoms with E-state index in [-0.39, 0.29) is 0 Å². The molecule has 102 valence electrons. The first kappa shape index (κ1) is 12.6. The highest BCUT2D eigenvalue weighted by Crippen LogP contribution is 2.32. The molecule has 0 atom stereocenters. The Morgan fingerprint density at radius 3 is 2.70 bits per heavy atom. The van der Waals surface area contributed by atoms with Gasteiger partial charge < -0.3 is 5.11 Å². The zero-order chi connectivity index (χ0) is 13.9. The van der Waals surface area contributed by atoms with Crippen molar-refractivity contribution in [2.24, 2.45) is 0 Å². The van der Waals surface area contributed by atoms with Crippen LogP contribution in [0.25, 0.3) is 16.8 Å². The zero-order valence-electron chi connectivity index (χ0n) is 11.0. The Hall–Kier alpha value is -2.43. The van der Waals surface area contributed by atoms with Gasteiger partial charge in [-0.15, -0.1) is 0 Å². The van der Waals surface area contributed by atoms with Crippen molar-refractivity contribution in [2.45, 2.75) is 25.7 Å². The second-order valence-corrected chi connectivity index (χ2v) is 4.87. The number of aliphatic carboxylic acids is 1. The number of carbonyl (C=O) groups is 1. The molecule has 0 saturated carbocycles. The SMILES string of the molecule is O=C(O)C1=C(c2cc(-c3ccncc3)n[nH]2)CCCC1. The lowest BCUT2D eigenvalue weighted by Gasteiger charge is -2.16. The molecule has 0 radical (unpaired) electrons. The van der Waals surface area contributed by atoms with Crippen molar-refractivity contribution in [3.8, 4) is 11.3 Å². The van der Waals surface area contributed by atoms with Crippen LogP contribution in [0.4, 0.5) is 0 Å². The minimum absolute atomic E-state index is 0.515. The molecule has 0 bridgehead atoms. The third kappa shape index (κ3) is 2.34. The molecule has 1 aliphatic carbocycles. The first-order chi connectivity index (χ1) is 9.75. The summed E-state index contributed by atoms with van der Waals surface area (Å²) in [6, 6.07) is 5.68. The van der Waals surface area contributed by atoms with Crippen molar-refractivity contribution in [1.82, 2.24) is 15.2 Å². The molecular formula is C15H15N3O2. The van der Waals surface area contributed by atoms with Gasteiger partial charge in [0.2, 0.25) is 0 Å². The van der Waals surface area contributed by atoms with Crippen LogP contribution in [-0.2, 0) is 4.79 Å². The lowest BCUT2D eigenvalue weighted by atomic mass is 9.89. The van der Waals surface area contributed by atoms with E-state index < -0.39 is 5.97 Å². The number of pyridine rings is 1. The first-order valence-corrected chi connectivity index (χ1v) is 6.67. The Kier molecular flexibility index (Phi) is 3.33. The summed E-state index contributed by atoms with van der Waals surface area (Å²) in [4.78, 5) is 15.3. The number of carboxylic acids is 1. The average molecular weight is 269 g/mol. The maximum atomic E-state index is 11.3. The van der Waals surface area contributed by atoms with Crippen LogP contribution < -0.4 is 0 Å². The van der Waals surface area contributed by atoms with E-state index in [1.165, 1.54) is 0 Å². The Bertz CT molecular complexity index is 659. The number of H-pyrrole nitrogens is 1. The largest absolute Gasteiger partial charge is 0.478 e. The first-order valence-electron chi connectivity index (χ1n) is 6.67. The van der Waals surface area contributed by atoms with E-state index in [1.807, 2.05) is 18.2 Å². The standard InChI is InChI=1S/C15H15N3O2/c19-15(20)12-4-2-1-3-11(12)14-9-13(17-18-14)10-5-7-16-8-6-10/h5-9H,1-4H2,(H,17,18)(H,19,20). The molecule has 20 heavy (non-hydrogen) atoms. The smallest absolute Gasteiger partial charge is 0.331 e. The van der Waals surface area contributed by atoms with Crippen LogP contribution in [0.3, 0.4) is 0 Å². The van der Waals surface area contributed by atoms with Crippen molar-refractivity contribution in [3.63, 3.8) is 0 Å². The van der Waals surface area contributed by atoms with Gasteiger partial charge in [-0.05, 0) is 49.5 Å². The third-order valence-electron chi connectivity index (χ3n) is 3.61. The molecule has 2 heterocycles. The number of aromatic amines is 1. The Morgan fingerprint density at radius 1 is 1.20 bits per heavy atom. The summed E-state index contributed by atoms with van der Waals surface area (Å²) in [7, 11) is 0. The van der Waals surface area contributed by atoms with Gasteiger partial charge in [0.25, 0.3) is 0 Å². The Balaban J connectivity index is 1.99. The van der Waals surface area contributed by atoms with E-state index in [2.05, 4.69) is 15.2 Å². The fourth-order valence-electron chi connectivity index (χ4n) is 2.59. The van der Waals surface area contributed by atoms with Gasteiger partial charge in [0.05, 0.1) is 11.4 Å². The summed E-state index contributed by atoms with van der Waals surface area (Å²) >= 11 is 0. The van der Waals surface area contributed by atoms with Crippen molar-refractivity contribution in [1.29, 1.82) is 0 Å². The molecule has 3 rings (SSSR count). The lowest BCUT2D eigenvalue weighted by molar-refractivity contribution is -0.132. The van der Waals surface area contributed by atoms with Crippen molar-refractivity contribution in [3.05, 3.63) is 41.9 Å². The highest BCUT2D eigenvalue weighted by Gasteiger charge is 2.21. The molecule has 0 unspecified atom stereocenters. The van der Waals surface area contributed by atoms with E-state index >= 15 is 0 Å². The number of hydrogen-bond acceptors (Lipinski definition) is 3. The molecule has 2 aromatic heterocycles. The van der Waals surface area contributed by atoms with Crippen LogP contribution in [0.5, 0.6) is 0 Å². The summed E-state index contributed by atoms with van der Waals surface area (Å²) in [5.74, 6) is -0.820. The predicted molar refractivity (Wildman–Crippen MR) is 74.8 cm³/mol. The number of hydrogen-bond donors (Lipinski definition) is 2. The molecule has 0 aromatic carbocycles. The minimum atomic E-state index is -0.820. The van der Waals surface area contributed by atoms with E-state index in [1.54, 1.807) is 12.4 Å². The highest BCUT2D eigenvalue weighted by molar-refractivity contribution is 5.96. The van der Waals surface area contributed by atoms with Crippen LogP contribution in [0.1, 0.15) is 31.4 Å². The average Bonchev–Trinajstić information content (AvgIpc) is 2.98. The Labute approximate surface area is 116 Å². The number of carboxylic acid groups (broad SMARTS) is 1. The van der Waals surface area contributed by atoms with E-state index in [4.69, 9.17) is 0 Å². The number of rotatable bonds is 3. The fourth-order valence-corrected chi connectivity index (χ4v) is 2.59. The van der Waals surface area contributed by atoms with Crippen LogP contribution >= 0.6 is 0 Å². The van der Waals surface area contributed by atoms with E-state index in [9.17, 15) is 9.90 Å². The number of allylic oxidation sites excluding steroid dienone is 1. The summed E-state index contributed by atoms with van der Waals surface area (Å²) in [6.45, 7) is 0. The van der Waals surface area contributed by atoms with Crippen LogP contribution in [-0.4, -0.2) is 26.3 Å². The van der Waals surface area contributed by atoms with Gasteiger partial charge in [-0.2, -0.15) is 5.10 Å². The predicted octanol–water partition coefficient (Wildman–Crippen LogP) is 2.88. The molecule has 0 aliphatic heterocycles. The molecule has 0 amide bonds. The van der Waals surface area contributed by atoms with Crippen LogP contribution in [0.15, 0.2) is 36.2 Å². The summed E-state index contributed by atoms with van der Waals surface area (Å²) in [6.07, 6.45) is 6.82. The van der Waals surface area contributed by atoms with Gasteiger partial charge in [0.15, 0.2) is 0 Å². The van der Waals surface area contributed by atoms with E-state index in [0.29, 0.717) is 12.0 Å². The van der Waals surface area contributed by atoms with Gasteiger partial charge in [-0.1, -0.05) is 0 Å². The molecule has 0 fully saturated rings. The zero-order valence-corrected chi connectivity index (χ0v) is 11.0. The number of aromatic nitrogens is 3. The summed E-state index contributed by atoms with van der Waals surface area (Å²) in [5, 5.41) is 16.5. The normalized spacial score (nSPS) is 15.4. The molecule has 0 saturated heterocycles. The van der Waals surface area contributed by atoms with Gasteiger partial charge >= 0.3 is 5.97 Å². The van der Waals surface area contributed by atoms with Gasteiger partial charge in [0, 0.05) is 23.5 Å². The molecule has 5 nitrogen and oxygen atoms in total. The molecule has 0 spiro atoms. The molecule has 1 aliphatic rings. The maximum absolute atomic E-state index is 11.3.